The number of alkyl halides is 3. The number of hydrogen-bond donors (Lipinski definition) is 0. The fourth-order valence-electron chi connectivity index (χ4n) is 4.39. The Kier molecular flexibility index (Phi) is 6.53. The number of carbonyl (C=O) groups is 3. The van der Waals surface area contributed by atoms with Crippen LogP contribution in [0.25, 0.3) is 0 Å². The van der Waals surface area contributed by atoms with Crippen LogP contribution in [0, 0.1) is 11.8 Å². The Bertz CT molecular complexity index is 824. The van der Waals surface area contributed by atoms with Crippen molar-refractivity contribution >= 4 is 17.6 Å². The predicted octanol–water partition coefficient (Wildman–Crippen LogP) is 3.77. The van der Waals surface area contributed by atoms with Gasteiger partial charge in [0.25, 0.3) is 11.8 Å². The number of piperidine rings is 2. The second kappa shape index (κ2) is 8.78. The first-order chi connectivity index (χ1) is 14.1. The van der Waals surface area contributed by atoms with Crippen molar-refractivity contribution in [3.8, 4) is 0 Å². The first-order valence-electron chi connectivity index (χ1n) is 10.4. The van der Waals surface area contributed by atoms with Crippen molar-refractivity contribution in [1.29, 1.82) is 0 Å². The molecule has 0 bridgehead atoms. The van der Waals surface area contributed by atoms with E-state index < -0.39 is 23.6 Å². The molecule has 2 amide bonds. The first-order valence-corrected chi connectivity index (χ1v) is 10.4. The highest BCUT2D eigenvalue weighted by atomic mass is 19.4. The Balaban J connectivity index is 1.71. The Hall–Kier alpha value is -2.38. The molecule has 2 heterocycles. The smallest absolute Gasteiger partial charge is 0.338 e. The van der Waals surface area contributed by atoms with Gasteiger partial charge in [0.2, 0.25) is 5.78 Å². The van der Waals surface area contributed by atoms with Gasteiger partial charge < -0.3 is 9.80 Å². The standard InChI is InChI=1S/C22H27F3N2O3/c1-3-14(2)19(28)21(30)27-10-5-7-16-13-26(11-9-18(16)27)20(29)15-6-4-8-17(12-15)22(23,24)25/h4,6,8,12,14,16,18H,3,5,7,9-11,13H2,1-2H3/t14?,16-,18-/m1/s1. The van der Waals surface area contributed by atoms with E-state index in [-0.39, 0.29) is 29.2 Å². The molecule has 1 aromatic rings. The zero-order chi connectivity index (χ0) is 22.1. The van der Waals surface area contributed by atoms with Crippen LogP contribution in [0.15, 0.2) is 24.3 Å². The molecule has 2 fully saturated rings. The summed E-state index contributed by atoms with van der Waals surface area (Å²) < 4.78 is 38.9. The number of fused-ring (bicyclic) bond motifs is 1. The van der Waals surface area contributed by atoms with Crippen LogP contribution in [-0.2, 0) is 15.8 Å². The maximum atomic E-state index is 13.0. The summed E-state index contributed by atoms with van der Waals surface area (Å²) in [5.74, 6) is -1.55. The summed E-state index contributed by atoms with van der Waals surface area (Å²) in [6, 6.07) is 4.36. The van der Waals surface area contributed by atoms with Gasteiger partial charge >= 0.3 is 6.18 Å². The molecule has 2 saturated heterocycles. The number of ketones is 1. The highest BCUT2D eigenvalue weighted by Gasteiger charge is 2.41. The Morgan fingerprint density at radius 2 is 1.90 bits per heavy atom. The third kappa shape index (κ3) is 4.52. The molecule has 8 heteroatoms. The van der Waals surface area contributed by atoms with Crippen LogP contribution in [0.2, 0.25) is 0 Å². The summed E-state index contributed by atoms with van der Waals surface area (Å²) in [4.78, 5) is 41.1. The first kappa shape index (κ1) is 22.3. The lowest BCUT2D eigenvalue weighted by molar-refractivity contribution is -0.151. The van der Waals surface area contributed by atoms with E-state index in [9.17, 15) is 27.6 Å². The van der Waals surface area contributed by atoms with Crippen LogP contribution in [0.1, 0.15) is 55.5 Å². The highest BCUT2D eigenvalue weighted by molar-refractivity contribution is 6.36. The van der Waals surface area contributed by atoms with Gasteiger partial charge in [-0.1, -0.05) is 19.9 Å². The Morgan fingerprint density at radius 3 is 2.57 bits per heavy atom. The van der Waals surface area contributed by atoms with E-state index in [2.05, 4.69) is 0 Å². The van der Waals surface area contributed by atoms with Gasteiger partial charge in [-0.2, -0.15) is 13.2 Å². The maximum Gasteiger partial charge on any atom is 0.416 e. The van der Waals surface area contributed by atoms with E-state index in [4.69, 9.17) is 0 Å². The number of benzene rings is 1. The summed E-state index contributed by atoms with van der Waals surface area (Å²) >= 11 is 0. The third-order valence-corrected chi connectivity index (χ3v) is 6.32. The van der Waals surface area contributed by atoms with Crippen molar-refractivity contribution < 1.29 is 27.6 Å². The summed E-state index contributed by atoms with van der Waals surface area (Å²) in [5, 5.41) is 0. The molecule has 0 N–H and O–H groups in total. The lowest BCUT2D eigenvalue weighted by Crippen LogP contribution is -2.58. The Labute approximate surface area is 174 Å². The lowest BCUT2D eigenvalue weighted by Gasteiger charge is -2.47. The molecule has 1 aromatic carbocycles. The molecule has 2 aliphatic heterocycles. The number of carbonyl (C=O) groups excluding carboxylic acids is 3. The zero-order valence-corrected chi connectivity index (χ0v) is 17.2. The molecule has 0 saturated carbocycles. The molecule has 0 aliphatic carbocycles. The number of halogens is 3. The average molecular weight is 424 g/mol. The average Bonchev–Trinajstić information content (AvgIpc) is 2.75. The van der Waals surface area contributed by atoms with Crippen molar-refractivity contribution in [1.82, 2.24) is 9.80 Å². The quantitative estimate of drug-likeness (QED) is 0.692. The van der Waals surface area contributed by atoms with Gasteiger partial charge in [-0.3, -0.25) is 14.4 Å². The van der Waals surface area contributed by atoms with Crippen LogP contribution in [-0.4, -0.2) is 53.1 Å². The molecule has 3 rings (SSSR count). The van der Waals surface area contributed by atoms with Crippen molar-refractivity contribution in [2.75, 3.05) is 19.6 Å². The summed E-state index contributed by atoms with van der Waals surface area (Å²) in [5.41, 5.74) is -0.833. The summed E-state index contributed by atoms with van der Waals surface area (Å²) in [6.07, 6.45) is -1.82. The molecule has 5 nitrogen and oxygen atoms in total. The number of Topliss-reactive ketones (excluding diaryl/α,β-unsaturated/α-hetero) is 1. The Morgan fingerprint density at radius 1 is 1.17 bits per heavy atom. The number of rotatable bonds is 4. The second-order valence-corrected chi connectivity index (χ2v) is 8.26. The van der Waals surface area contributed by atoms with Crippen LogP contribution >= 0.6 is 0 Å². The predicted molar refractivity (Wildman–Crippen MR) is 105 cm³/mol. The minimum absolute atomic E-state index is 0.0129. The molecule has 0 radical (unpaired) electrons. The molecule has 0 aromatic heterocycles. The second-order valence-electron chi connectivity index (χ2n) is 8.26. The number of nitrogens with zero attached hydrogens (tertiary/aromatic N) is 2. The van der Waals surface area contributed by atoms with E-state index in [0.29, 0.717) is 32.5 Å². The van der Waals surface area contributed by atoms with E-state index in [1.807, 2.05) is 6.92 Å². The fraction of sp³-hybridized carbons (Fsp3) is 0.591. The summed E-state index contributed by atoms with van der Waals surface area (Å²) in [7, 11) is 0. The molecule has 30 heavy (non-hydrogen) atoms. The van der Waals surface area contributed by atoms with Gasteiger partial charge in [0.15, 0.2) is 0 Å². The molecule has 1 unspecified atom stereocenters. The van der Waals surface area contributed by atoms with Gasteiger partial charge in [0.1, 0.15) is 0 Å². The monoisotopic (exact) mass is 424 g/mol. The largest absolute Gasteiger partial charge is 0.416 e. The molecule has 3 atom stereocenters. The minimum Gasteiger partial charge on any atom is -0.338 e. The van der Waals surface area contributed by atoms with Crippen molar-refractivity contribution in [3.05, 3.63) is 35.4 Å². The van der Waals surface area contributed by atoms with Crippen LogP contribution < -0.4 is 0 Å². The van der Waals surface area contributed by atoms with E-state index >= 15 is 0 Å². The molecular formula is C22H27F3N2O3. The van der Waals surface area contributed by atoms with Crippen LogP contribution in [0.3, 0.4) is 0 Å². The zero-order valence-electron chi connectivity index (χ0n) is 17.2. The van der Waals surface area contributed by atoms with E-state index in [1.165, 1.54) is 12.1 Å². The third-order valence-electron chi connectivity index (χ3n) is 6.32. The SMILES string of the molecule is CCC(C)C(=O)C(=O)N1CCC[C@@H]2CN(C(=O)c3cccc(C(F)(F)F)c3)CC[C@H]21. The molecule has 0 spiro atoms. The van der Waals surface area contributed by atoms with Gasteiger partial charge in [-0.15, -0.1) is 0 Å². The van der Waals surface area contributed by atoms with Gasteiger partial charge in [0.05, 0.1) is 5.56 Å². The van der Waals surface area contributed by atoms with E-state index in [0.717, 1.165) is 25.0 Å². The normalized spacial score (nSPS) is 23.0. The summed E-state index contributed by atoms with van der Waals surface area (Å²) in [6.45, 7) is 4.87. The maximum absolute atomic E-state index is 13.0. The van der Waals surface area contributed by atoms with Gasteiger partial charge in [0, 0.05) is 37.2 Å². The van der Waals surface area contributed by atoms with Crippen molar-refractivity contribution in [3.63, 3.8) is 0 Å². The lowest BCUT2D eigenvalue weighted by atomic mass is 9.83. The van der Waals surface area contributed by atoms with Crippen molar-refractivity contribution in [2.24, 2.45) is 11.8 Å². The van der Waals surface area contributed by atoms with Gasteiger partial charge in [-0.25, -0.2) is 0 Å². The van der Waals surface area contributed by atoms with Gasteiger partial charge in [-0.05, 0) is 49.8 Å². The number of amides is 2. The topological polar surface area (TPSA) is 57.7 Å². The number of likely N-dealkylation sites (tertiary alicyclic amines) is 2. The fourth-order valence-corrected chi connectivity index (χ4v) is 4.39. The van der Waals surface area contributed by atoms with E-state index in [1.54, 1.807) is 16.7 Å². The van der Waals surface area contributed by atoms with Crippen molar-refractivity contribution in [2.45, 2.75) is 51.7 Å². The van der Waals surface area contributed by atoms with Crippen LogP contribution in [0.5, 0.6) is 0 Å². The van der Waals surface area contributed by atoms with Crippen LogP contribution in [0.4, 0.5) is 13.2 Å². The number of hydrogen-bond acceptors (Lipinski definition) is 3. The minimum atomic E-state index is -4.50. The molecule has 2 aliphatic rings. The highest BCUT2D eigenvalue weighted by Crippen LogP contribution is 2.33. The molecule has 164 valence electrons. The molecular weight excluding hydrogens is 397 g/mol.